The Morgan fingerprint density at radius 2 is 1.89 bits per heavy atom. The minimum Gasteiger partial charge on any atom is -0.349 e. The van der Waals surface area contributed by atoms with Gasteiger partial charge < -0.3 is 9.47 Å². The Labute approximate surface area is 107 Å². The van der Waals surface area contributed by atoms with Gasteiger partial charge in [-0.2, -0.15) is 0 Å². The molecule has 0 amide bonds. The van der Waals surface area contributed by atoms with Gasteiger partial charge in [-0.3, -0.25) is 4.79 Å². The lowest BCUT2D eigenvalue weighted by molar-refractivity contribution is -0.194. The molecule has 0 bridgehead atoms. The maximum absolute atomic E-state index is 11.3. The van der Waals surface area contributed by atoms with E-state index in [1.165, 1.54) is 11.6 Å². The van der Waals surface area contributed by atoms with E-state index < -0.39 is 5.79 Å². The highest BCUT2D eigenvalue weighted by molar-refractivity contribution is 5.93. The molecule has 0 saturated heterocycles. The number of ether oxygens (including phenoxy) is 2. The maximum Gasteiger partial charge on any atom is 0.195 e. The van der Waals surface area contributed by atoms with Crippen molar-refractivity contribution < 1.29 is 14.3 Å². The molecule has 0 N–H and O–H groups in total. The minimum absolute atomic E-state index is 0.0400. The molecule has 3 nitrogen and oxygen atoms in total. The number of aryl methyl sites for hydroxylation is 1. The predicted octanol–water partition coefficient (Wildman–Crippen LogP) is 2.64. The zero-order valence-corrected chi connectivity index (χ0v) is 10.8. The molecule has 1 aliphatic carbocycles. The van der Waals surface area contributed by atoms with Gasteiger partial charge in [0.05, 0.1) is 13.0 Å². The van der Waals surface area contributed by atoms with E-state index in [1.54, 1.807) is 13.2 Å². The van der Waals surface area contributed by atoms with Crippen LogP contribution >= 0.6 is 0 Å². The van der Waals surface area contributed by atoms with Crippen molar-refractivity contribution in [2.45, 2.75) is 32.2 Å². The minimum atomic E-state index is -0.874. The number of hydrogen-bond acceptors (Lipinski definition) is 3. The predicted molar refractivity (Wildman–Crippen MR) is 69.1 cm³/mol. The highest BCUT2D eigenvalue weighted by atomic mass is 16.7. The molecule has 1 atom stereocenters. The van der Waals surface area contributed by atoms with Crippen molar-refractivity contribution in [2.75, 3.05) is 7.11 Å². The first-order valence-electron chi connectivity index (χ1n) is 6.16. The summed E-state index contributed by atoms with van der Waals surface area (Å²) in [5, 5.41) is 0. The van der Waals surface area contributed by atoms with E-state index in [4.69, 9.17) is 9.47 Å². The molecule has 1 aliphatic rings. The first kappa shape index (κ1) is 13.0. The highest BCUT2D eigenvalue weighted by Gasteiger charge is 2.34. The Morgan fingerprint density at radius 1 is 1.22 bits per heavy atom. The number of allylic oxidation sites excluding steroid dienone is 1. The van der Waals surface area contributed by atoms with Gasteiger partial charge in [0.15, 0.2) is 11.6 Å². The molecule has 2 rings (SSSR count). The zero-order valence-electron chi connectivity index (χ0n) is 10.8. The summed E-state index contributed by atoms with van der Waals surface area (Å²) >= 11 is 0. The molecule has 0 spiro atoms. The Balaban J connectivity index is 1.97. The number of carbonyl (C=O) groups excluding carboxylic acids is 1. The first-order valence-corrected chi connectivity index (χ1v) is 6.16. The fourth-order valence-corrected chi connectivity index (χ4v) is 1.96. The topological polar surface area (TPSA) is 35.5 Å². The van der Waals surface area contributed by atoms with Gasteiger partial charge >= 0.3 is 0 Å². The molecule has 0 fully saturated rings. The standard InChI is InChI=1S/C15H18O3/c1-3-12-4-6-13(7-5-12)11-18-15(17-2)9-8-14(16)10-15/h4-9H,3,10-11H2,1-2H3. The summed E-state index contributed by atoms with van der Waals surface area (Å²) in [5.41, 5.74) is 2.38. The number of carbonyl (C=O) groups is 1. The van der Waals surface area contributed by atoms with Crippen LogP contribution in [0, 0.1) is 0 Å². The fraction of sp³-hybridized carbons (Fsp3) is 0.400. The van der Waals surface area contributed by atoms with Gasteiger partial charge in [0.25, 0.3) is 0 Å². The van der Waals surface area contributed by atoms with Crippen molar-refractivity contribution in [3.8, 4) is 0 Å². The lowest BCUT2D eigenvalue weighted by Crippen LogP contribution is -2.31. The Bertz CT molecular complexity index is 447. The monoisotopic (exact) mass is 246 g/mol. The van der Waals surface area contributed by atoms with E-state index in [9.17, 15) is 4.79 Å². The molecule has 0 aromatic heterocycles. The van der Waals surface area contributed by atoms with Crippen LogP contribution in [0.15, 0.2) is 36.4 Å². The molecule has 96 valence electrons. The molecular formula is C15H18O3. The van der Waals surface area contributed by atoms with Crippen molar-refractivity contribution in [1.82, 2.24) is 0 Å². The van der Waals surface area contributed by atoms with Crippen LogP contribution in [0.25, 0.3) is 0 Å². The van der Waals surface area contributed by atoms with Crippen LogP contribution in [-0.4, -0.2) is 18.7 Å². The van der Waals surface area contributed by atoms with Crippen molar-refractivity contribution >= 4 is 5.78 Å². The molecule has 1 unspecified atom stereocenters. The van der Waals surface area contributed by atoms with E-state index in [1.807, 2.05) is 12.1 Å². The van der Waals surface area contributed by atoms with Crippen LogP contribution < -0.4 is 0 Å². The molecule has 1 aromatic carbocycles. The fourth-order valence-electron chi connectivity index (χ4n) is 1.96. The molecule has 3 heteroatoms. The Morgan fingerprint density at radius 3 is 2.39 bits per heavy atom. The molecule has 0 radical (unpaired) electrons. The van der Waals surface area contributed by atoms with Gasteiger partial charge in [0, 0.05) is 7.11 Å². The van der Waals surface area contributed by atoms with E-state index in [0.29, 0.717) is 6.61 Å². The van der Waals surface area contributed by atoms with Crippen LogP contribution in [0.5, 0.6) is 0 Å². The first-order chi connectivity index (χ1) is 8.67. The third kappa shape index (κ3) is 2.86. The molecule has 0 aliphatic heterocycles. The maximum atomic E-state index is 11.3. The number of ketones is 1. The van der Waals surface area contributed by atoms with Gasteiger partial charge in [0.2, 0.25) is 0 Å². The normalized spacial score (nSPS) is 22.7. The number of methoxy groups -OCH3 is 1. The van der Waals surface area contributed by atoms with E-state index in [-0.39, 0.29) is 12.2 Å². The third-order valence-corrected chi connectivity index (χ3v) is 3.20. The Kier molecular flexibility index (Phi) is 3.94. The highest BCUT2D eigenvalue weighted by Crippen LogP contribution is 2.26. The Hall–Kier alpha value is -1.45. The summed E-state index contributed by atoms with van der Waals surface area (Å²) in [6.45, 7) is 2.57. The van der Waals surface area contributed by atoms with Crippen molar-refractivity contribution in [1.29, 1.82) is 0 Å². The second-order valence-corrected chi connectivity index (χ2v) is 4.45. The largest absolute Gasteiger partial charge is 0.349 e. The quantitative estimate of drug-likeness (QED) is 0.749. The van der Waals surface area contributed by atoms with E-state index >= 15 is 0 Å². The van der Waals surface area contributed by atoms with Crippen LogP contribution in [0.3, 0.4) is 0 Å². The van der Waals surface area contributed by atoms with Crippen LogP contribution in [0.1, 0.15) is 24.5 Å². The second kappa shape index (κ2) is 5.46. The average molecular weight is 246 g/mol. The van der Waals surface area contributed by atoms with Gasteiger partial charge in [0.1, 0.15) is 0 Å². The van der Waals surface area contributed by atoms with Crippen molar-refractivity contribution in [2.24, 2.45) is 0 Å². The lowest BCUT2D eigenvalue weighted by atomic mass is 10.1. The van der Waals surface area contributed by atoms with Crippen LogP contribution in [-0.2, 0) is 27.3 Å². The molecule has 0 saturated carbocycles. The van der Waals surface area contributed by atoms with Gasteiger partial charge in [-0.25, -0.2) is 0 Å². The summed E-state index contributed by atoms with van der Waals surface area (Å²) in [6.07, 6.45) is 4.50. The smallest absolute Gasteiger partial charge is 0.195 e. The SMILES string of the molecule is CCc1ccc(COC2(OC)C=CC(=O)C2)cc1. The molecule has 1 aromatic rings. The van der Waals surface area contributed by atoms with Gasteiger partial charge in [-0.05, 0) is 29.7 Å². The molecular weight excluding hydrogens is 228 g/mol. The lowest BCUT2D eigenvalue weighted by Gasteiger charge is -2.25. The zero-order chi connectivity index (χ0) is 13.0. The van der Waals surface area contributed by atoms with Gasteiger partial charge in [-0.1, -0.05) is 31.2 Å². The summed E-state index contributed by atoms with van der Waals surface area (Å²) in [7, 11) is 1.56. The number of benzene rings is 1. The average Bonchev–Trinajstić information content (AvgIpc) is 2.79. The van der Waals surface area contributed by atoms with E-state index in [2.05, 4.69) is 19.1 Å². The van der Waals surface area contributed by atoms with Crippen LogP contribution in [0.2, 0.25) is 0 Å². The summed E-state index contributed by atoms with van der Waals surface area (Å²) in [4.78, 5) is 11.3. The van der Waals surface area contributed by atoms with Gasteiger partial charge in [-0.15, -0.1) is 0 Å². The molecule has 18 heavy (non-hydrogen) atoms. The van der Waals surface area contributed by atoms with Crippen LogP contribution in [0.4, 0.5) is 0 Å². The second-order valence-electron chi connectivity index (χ2n) is 4.45. The summed E-state index contributed by atoms with van der Waals surface area (Å²) in [6, 6.07) is 8.27. The van der Waals surface area contributed by atoms with Crippen molar-refractivity contribution in [3.63, 3.8) is 0 Å². The summed E-state index contributed by atoms with van der Waals surface area (Å²) < 4.78 is 11.0. The third-order valence-electron chi connectivity index (χ3n) is 3.20. The van der Waals surface area contributed by atoms with E-state index in [0.717, 1.165) is 12.0 Å². The number of rotatable bonds is 5. The molecule has 0 heterocycles. The van der Waals surface area contributed by atoms with Crippen molar-refractivity contribution in [3.05, 3.63) is 47.5 Å². The number of hydrogen-bond donors (Lipinski definition) is 0. The summed E-state index contributed by atoms with van der Waals surface area (Å²) in [5.74, 6) is -0.835.